The van der Waals surface area contributed by atoms with Crippen LogP contribution in [0.4, 0.5) is 43.9 Å². The van der Waals surface area contributed by atoms with E-state index in [0.29, 0.717) is 19.4 Å². The summed E-state index contributed by atoms with van der Waals surface area (Å²) >= 11 is 0. The minimum Gasteiger partial charge on any atom is -0.391 e. The molecule has 188 valence electrons. The summed E-state index contributed by atoms with van der Waals surface area (Å²) in [5, 5.41) is 12.6. The summed E-state index contributed by atoms with van der Waals surface area (Å²) in [6.07, 6.45) is -7.92. The Labute approximate surface area is 201 Å². The maximum Gasteiger partial charge on any atom is 0.433 e. The smallest absolute Gasteiger partial charge is 0.391 e. The maximum absolute atomic E-state index is 13.1. The average molecular weight is 519 g/mol. The van der Waals surface area contributed by atoms with Crippen molar-refractivity contribution in [3.05, 3.63) is 47.9 Å². The first-order valence-corrected chi connectivity index (χ1v) is 10.0. The van der Waals surface area contributed by atoms with Gasteiger partial charge in [-0.05, 0) is 37.1 Å². The van der Waals surface area contributed by atoms with Crippen LogP contribution in [0.3, 0.4) is 0 Å². The maximum atomic E-state index is 13.1. The Hall–Kier alpha value is -3.20. The van der Waals surface area contributed by atoms with E-state index in [0.717, 1.165) is 24.4 Å². The third-order valence-corrected chi connectivity index (χ3v) is 4.88. The summed E-state index contributed by atoms with van der Waals surface area (Å²) in [5.41, 5.74) is -2.55. The van der Waals surface area contributed by atoms with Crippen molar-refractivity contribution < 1.29 is 31.4 Å². The van der Waals surface area contributed by atoms with Crippen LogP contribution >= 0.6 is 13.5 Å². The second-order valence-electron chi connectivity index (χ2n) is 7.48. The van der Waals surface area contributed by atoms with E-state index in [2.05, 4.69) is 30.2 Å². The van der Waals surface area contributed by atoms with Gasteiger partial charge in [-0.25, -0.2) is 4.98 Å². The summed E-state index contributed by atoms with van der Waals surface area (Å²) in [6, 6.07) is 5.21. The van der Waals surface area contributed by atoms with E-state index < -0.39 is 29.8 Å². The lowest BCUT2D eigenvalue weighted by atomic mass is 10.1. The quantitative estimate of drug-likeness (QED) is 0.496. The van der Waals surface area contributed by atoms with Crippen LogP contribution in [0, 0.1) is 0 Å². The molecule has 1 aliphatic rings. The number of nitrogens with zero attached hydrogens (tertiary/aromatic N) is 6. The molecule has 0 bridgehead atoms. The van der Waals surface area contributed by atoms with Gasteiger partial charge in [0.2, 0.25) is 11.9 Å². The Kier molecular flexibility index (Phi) is 7.69. The molecule has 0 saturated carbocycles. The van der Waals surface area contributed by atoms with Crippen molar-refractivity contribution in [2.75, 3.05) is 23.3 Å². The molecule has 1 saturated heterocycles. The van der Waals surface area contributed by atoms with Crippen LogP contribution < -0.4 is 10.2 Å². The molecule has 15 heteroatoms. The van der Waals surface area contributed by atoms with E-state index in [1.165, 1.54) is 12.1 Å². The van der Waals surface area contributed by atoms with Crippen LogP contribution in [0.1, 0.15) is 24.2 Å². The van der Waals surface area contributed by atoms with Gasteiger partial charge in [0, 0.05) is 25.0 Å². The van der Waals surface area contributed by atoms with Crippen molar-refractivity contribution in [2.24, 2.45) is 0 Å². The Morgan fingerprint density at radius 2 is 1.69 bits per heavy atom. The number of halogens is 6. The third-order valence-electron chi connectivity index (χ3n) is 4.88. The van der Waals surface area contributed by atoms with Gasteiger partial charge in [0.15, 0.2) is 5.82 Å². The molecule has 3 aromatic rings. The number of piperidine rings is 1. The first-order valence-electron chi connectivity index (χ1n) is 10.0. The second kappa shape index (κ2) is 10.2. The van der Waals surface area contributed by atoms with E-state index in [9.17, 15) is 31.4 Å². The van der Waals surface area contributed by atoms with E-state index in [1.807, 2.05) is 0 Å². The Morgan fingerprint density at radius 3 is 2.37 bits per heavy atom. The van der Waals surface area contributed by atoms with Gasteiger partial charge >= 0.3 is 12.4 Å². The van der Waals surface area contributed by atoms with Crippen molar-refractivity contribution in [3.8, 4) is 11.5 Å². The van der Waals surface area contributed by atoms with Crippen LogP contribution in [0.25, 0.3) is 11.5 Å². The standard InChI is InChI=1S/C20H17F6N7O.H2S/c21-19(22,23)14-5-1-4-13(29-14)16-30-17(28-11-6-7-27-15(9-11)20(24,25)26)32-18(31-16)33-8-2-3-12(34)10-33;/h1,4-7,9,12,34H,2-3,8,10H2,(H,27,28,30,31,32);1H2/t12-;/m0./s1. The zero-order valence-electron chi connectivity index (χ0n) is 17.8. The lowest BCUT2D eigenvalue weighted by Crippen LogP contribution is -2.39. The number of aliphatic hydroxyl groups excluding tert-OH is 1. The zero-order chi connectivity index (χ0) is 24.5. The van der Waals surface area contributed by atoms with Crippen molar-refractivity contribution in [3.63, 3.8) is 0 Å². The van der Waals surface area contributed by atoms with E-state index in [-0.39, 0.29) is 49.1 Å². The molecule has 0 spiro atoms. The van der Waals surface area contributed by atoms with E-state index in [1.54, 1.807) is 4.90 Å². The van der Waals surface area contributed by atoms with Gasteiger partial charge in [0.05, 0.1) is 6.10 Å². The first-order chi connectivity index (χ1) is 16.0. The normalized spacial score (nSPS) is 16.5. The summed E-state index contributed by atoms with van der Waals surface area (Å²) in [5.74, 6) is -0.391. The van der Waals surface area contributed by atoms with Gasteiger partial charge in [0.1, 0.15) is 17.1 Å². The first kappa shape index (κ1) is 26.4. The van der Waals surface area contributed by atoms with Crippen LogP contribution in [0.5, 0.6) is 0 Å². The molecule has 0 radical (unpaired) electrons. The highest BCUT2D eigenvalue weighted by Crippen LogP contribution is 2.31. The average Bonchev–Trinajstić information content (AvgIpc) is 2.78. The number of alkyl halides is 6. The number of pyridine rings is 2. The molecule has 4 rings (SSSR count). The number of aliphatic hydroxyl groups is 1. The summed E-state index contributed by atoms with van der Waals surface area (Å²) < 4.78 is 78.4. The molecular weight excluding hydrogens is 500 g/mol. The predicted octanol–water partition coefficient (Wildman–Crippen LogP) is 4.18. The molecular formula is C20H19F6N7OS. The van der Waals surface area contributed by atoms with Gasteiger partial charge < -0.3 is 15.3 Å². The number of nitrogens with one attached hydrogen (secondary N) is 1. The number of aromatic nitrogens is 5. The Morgan fingerprint density at radius 1 is 0.943 bits per heavy atom. The molecule has 3 aromatic heterocycles. The lowest BCUT2D eigenvalue weighted by Gasteiger charge is -2.30. The molecule has 0 aliphatic carbocycles. The second-order valence-corrected chi connectivity index (χ2v) is 7.48. The minimum atomic E-state index is -4.70. The highest BCUT2D eigenvalue weighted by atomic mass is 32.1. The van der Waals surface area contributed by atoms with Gasteiger partial charge in [-0.3, -0.25) is 4.98 Å². The van der Waals surface area contributed by atoms with Crippen molar-refractivity contribution in [1.82, 2.24) is 24.9 Å². The van der Waals surface area contributed by atoms with Gasteiger partial charge in [-0.15, -0.1) is 0 Å². The van der Waals surface area contributed by atoms with Crippen molar-refractivity contribution in [1.29, 1.82) is 0 Å². The Balaban J connectivity index is 0.00000342. The molecule has 0 aromatic carbocycles. The largest absolute Gasteiger partial charge is 0.433 e. The number of anilines is 3. The van der Waals surface area contributed by atoms with Crippen molar-refractivity contribution in [2.45, 2.75) is 31.3 Å². The predicted molar refractivity (Wildman–Crippen MR) is 118 cm³/mol. The van der Waals surface area contributed by atoms with Crippen LogP contribution in [0.2, 0.25) is 0 Å². The Bertz CT molecular complexity index is 1180. The topological polar surface area (TPSA) is 100.0 Å². The molecule has 1 fully saturated rings. The highest BCUT2D eigenvalue weighted by molar-refractivity contribution is 7.59. The fourth-order valence-electron chi connectivity index (χ4n) is 3.32. The number of rotatable bonds is 4. The SMILES string of the molecule is O[C@H]1CCCN(c2nc(Nc3ccnc(C(F)(F)F)c3)nc(-c3cccc(C(F)(F)F)n3)n2)C1.S. The summed E-state index contributed by atoms with van der Waals surface area (Å²) in [4.78, 5) is 21.0. The molecule has 8 nitrogen and oxygen atoms in total. The van der Waals surface area contributed by atoms with Gasteiger partial charge in [-0.2, -0.15) is 54.8 Å². The van der Waals surface area contributed by atoms with Gasteiger partial charge in [-0.1, -0.05) is 6.07 Å². The summed E-state index contributed by atoms with van der Waals surface area (Å²) in [7, 11) is 0. The number of hydrogen-bond donors (Lipinski definition) is 2. The summed E-state index contributed by atoms with van der Waals surface area (Å²) in [6.45, 7) is 0.635. The molecule has 1 aliphatic heterocycles. The van der Waals surface area contributed by atoms with Crippen molar-refractivity contribution >= 4 is 31.1 Å². The zero-order valence-corrected chi connectivity index (χ0v) is 18.8. The highest BCUT2D eigenvalue weighted by Gasteiger charge is 2.34. The molecule has 0 amide bonds. The number of hydrogen-bond acceptors (Lipinski definition) is 8. The molecule has 2 N–H and O–H groups in total. The molecule has 0 unspecified atom stereocenters. The third kappa shape index (κ3) is 6.48. The lowest BCUT2D eigenvalue weighted by molar-refractivity contribution is -0.141. The van der Waals surface area contributed by atoms with Gasteiger partial charge in [0.25, 0.3) is 0 Å². The van der Waals surface area contributed by atoms with E-state index in [4.69, 9.17) is 0 Å². The minimum absolute atomic E-state index is 0. The monoisotopic (exact) mass is 519 g/mol. The fraction of sp³-hybridized carbons (Fsp3) is 0.350. The number of β-amino-alcohol motifs (C(OH)–C–C–N with tert-alkyl or cyclic N) is 1. The van der Waals surface area contributed by atoms with E-state index >= 15 is 0 Å². The fourth-order valence-corrected chi connectivity index (χ4v) is 3.32. The van der Waals surface area contributed by atoms with Crippen LogP contribution in [-0.2, 0) is 12.4 Å². The molecule has 1 atom stereocenters. The van der Waals surface area contributed by atoms with Crippen LogP contribution in [0.15, 0.2) is 36.5 Å². The van der Waals surface area contributed by atoms with Crippen LogP contribution in [-0.4, -0.2) is 49.2 Å². The molecule has 4 heterocycles. The molecule has 35 heavy (non-hydrogen) atoms.